The number of nitrogens with zero attached hydrogens (tertiary/aromatic N) is 7. The lowest BCUT2D eigenvalue weighted by Crippen LogP contribution is -2.44. The molecule has 1 aromatic carbocycles. The number of para-hydroxylation sites is 1. The third kappa shape index (κ3) is 3.50. The van der Waals surface area contributed by atoms with Crippen molar-refractivity contribution >= 4 is 28.0 Å². The van der Waals surface area contributed by atoms with Crippen molar-refractivity contribution < 1.29 is 0 Å². The van der Waals surface area contributed by atoms with Gasteiger partial charge in [0, 0.05) is 43.8 Å². The monoisotopic (exact) mass is 448 g/mol. The molecule has 1 aliphatic heterocycles. The summed E-state index contributed by atoms with van der Waals surface area (Å²) < 4.78 is 4.52. The van der Waals surface area contributed by atoms with Crippen LogP contribution < -0.4 is 21.9 Å². The molecular formula is C23H28N8O2. The van der Waals surface area contributed by atoms with Crippen LogP contribution in [0.15, 0.2) is 33.9 Å². The van der Waals surface area contributed by atoms with E-state index in [-0.39, 0.29) is 18.1 Å². The number of aromatic nitrogens is 6. The lowest BCUT2D eigenvalue weighted by Gasteiger charge is -2.31. The Hall–Kier alpha value is -3.53. The second-order valence-corrected chi connectivity index (χ2v) is 8.65. The van der Waals surface area contributed by atoms with Gasteiger partial charge in [-0.3, -0.25) is 13.9 Å². The van der Waals surface area contributed by atoms with Crippen LogP contribution in [-0.2, 0) is 20.1 Å². The molecule has 0 aliphatic carbocycles. The molecule has 4 aromatic rings. The molecule has 1 fully saturated rings. The van der Waals surface area contributed by atoms with Crippen molar-refractivity contribution in [3.05, 3.63) is 56.6 Å². The Morgan fingerprint density at radius 3 is 2.67 bits per heavy atom. The van der Waals surface area contributed by atoms with Gasteiger partial charge in [0.15, 0.2) is 11.2 Å². The molecule has 5 rings (SSSR count). The summed E-state index contributed by atoms with van der Waals surface area (Å²) in [6.45, 7) is 5.92. The molecule has 1 atom stereocenters. The van der Waals surface area contributed by atoms with E-state index in [4.69, 9.17) is 10.7 Å². The molecule has 1 unspecified atom stereocenters. The predicted octanol–water partition coefficient (Wildman–Crippen LogP) is 1.14. The van der Waals surface area contributed by atoms with E-state index in [1.165, 1.54) is 9.13 Å². The summed E-state index contributed by atoms with van der Waals surface area (Å²) in [7, 11) is 1.64. The van der Waals surface area contributed by atoms with Crippen LogP contribution in [-0.4, -0.2) is 47.8 Å². The van der Waals surface area contributed by atoms with Gasteiger partial charge in [-0.15, -0.1) is 0 Å². The number of piperidine rings is 1. The first-order valence-corrected chi connectivity index (χ1v) is 11.3. The molecule has 1 saturated heterocycles. The van der Waals surface area contributed by atoms with Gasteiger partial charge in [0.05, 0.1) is 12.1 Å². The number of hydrogen-bond acceptors (Lipinski definition) is 7. The fraction of sp³-hybridized carbons (Fsp3) is 0.435. The zero-order valence-electron chi connectivity index (χ0n) is 19.2. The van der Waals surface area contributed by atoms with E-state index in [2.05, 4.69) is 14.9 Å². The summed E-state index contributed by atoms with van der Waals surface area (Å²) in [5, 5.41) is 0.949. The molecule has 3 aromatic heterocycles. The van der Waals surface area contributed by atoms with Crippen LogP contribution >= 0.6 is 0 Å². The Labute approximate surface area is 190 Å². The van der Waals surface area contributed by atoms with Crippen molar-refractivity contribution in [3.8, 4) is 0 Å². The maximum Gasteiger partial charge on any atom is 0.332 e. The average Bonchev–Trinajstić information content (AvgIpc) is 3.20. The number of hydrogen-bond donors (Lipinski definition) is 1. The van der Waals surface area contributed by atoms with Gasteiger partial charge >= 0.3 is 5.69 Å². The van der Waals surface area contributed by atoms with Crippen LogP contribution in [0.3, 0.4) is 0 Å². The first-order chi connectivity index (χ1) is 15.9. The van der Waals surface area contributed by atoms with E-state index in [0.717, 1.165) is 36.0 Å². The van der Waals surface area contributed by atoms with E-state index in [9.17, 15) is 9.59 Å². The minimum atomic E-state index is -0.440. The van der Waals surface area contributed by atoms with Crippen LogP contribution in [0.25, 0.3) is 22.1 Å². The van der Waals surface area contributed by atoms with E-state index in [1.54, 1.807) is 7.05 Å². The Balaban J connectivity index is 1.66. The van der Waals surface area contributed by atoms with Crippen molar-refractivity contribution in [2.75, 3.05) is 18.0 Å². The molecular weight excluding hydrogens is 420 g/mol. The summed E-state index contributed by atoms with van der Waals surface area (Å²) in [6.07, 6.45) is 1.94. The Bertz CT molecular complexity index is 1480. The normalized spacial score (nSPS) is 16.7. The van der Waals surface area contributed by atoms with Gasteiger partial charge in [0.1, 0.15) is 5.82 Å². The smallest absolute Gasteiger partial charge is 0.332 e. The Morgan fingerprint density at radius 1 is 1.12 bits per heavy atom. The van der Waals surface area contributed by atoms with Crippen molar-refractivity contribution in [1.29, 1.82) is 0 Å². The molecule has 4 heterocycles. The second-order valence-electron chi connectivity index (χ2n) is 8.65. The number of rotatable bonds is 4. The minimum absolute atomic E-state index is 0.00800. The van der Waals surface area contributed by atoms with Crippen molar-refractivity contribution in [1.82, 2.24) is 28.7 Å². The van der Waals surface area contributed by atoms with Gasteiger partial charge in [-0.05, 0) is 32.8 Å². The van der Waals surface area contributed by atoms with Crippen molar-refractivity contribution in [3.63, 3.8) is 0 Å². The molecule has 0 amide bonds. The molecule has 10 heteroatoms. The molecule has 1 aliphatic rings. The molecule has 10 nitrogen and oxygen atoms in total. The summed E-state index contributed by atoms with van der Waals surface area (Å²) in [6, 6.07) is 7.77. The maximum atomic E-state index is 13.6. The van der Waals surface area contributed by atoms with E-state index in [1.807, 2.05) is 42.7 Å². The summed E-state index contributed by atoms with van der Waals surface area (Å²) in [5.74, 6) is 1.11. The fourth-order valence-corrected chi connectivity index (χ4v) is 4.74. The lowest BCUT2D eigenvalue weighted by molar-refractivity contribution is 0.494. The van der Waals surface area contributed by atoms with Crippen LogP contribution in [0.2, 0.25) is 0 Å². The fourth-order valence-electron chi connectivity index (χ4n) is 4.74. The van der Waals surface area contributed by atoms with Gasteiger partial charge in [0.25, 0.3) is 5.56 Å². The average molecular weight is 449 g/mol. The standard InChI is InChI=1S/C23H28N8O2/c1-4-30-19-20(27-22(30)29-11-7-8-15(24)12-29)28(3)23(33)31(21(19)32)13-18-25-14(2)16-9-5-6-10-17(16)26-18/h5-6,9-10,15H,4,7-8,11-13,24H2,1-3H3. The lowest BCUT2D eigenvalue weighted by atomic mass is 10.1. The summed E-state index contributed by atoms with van der Waals surface area (Å²) >= 11 is 0. The second kappa shape index (κ2) is 8.11. The highest BCUT2D eigenvalue weighted by molar-refractivity contribution is 5.80. The van der Waals surface area contributed by atoms with Crippen LogP contribution in [0, 0.1) is 6.92 Å². The third-order valence-electron chi connectivity index (χ3n) is 6.41. The van der Waals surface area contributed by atoms with Crippen molar-refractivity contribution in [2.45, 2.75) is 45.8 Å². The Kier molecular flexibility index (Phi) is 5.24. The highest BCUT2D eigenvalue weighted by Gasteiger charge is 2.26. The topological polar surface area (TPSA) is 117 Å². The number of aryl methyl sites for hydroxylation is 3. The quantitative estimate of drug-likeness (QED) is 0.498. The van der Waals surface area contributed by atoms with Gasteiger partial charge in [0.2, 0.25) is 5.95 Å². The van der Waals surface area contributed by atoms with Gasteiger partial charge < -0.3 is 15.2 Å². The molecule has 172 valence electrons. The largest absolute Gasteiger partial charge is 0.341 e. The highest BCUT2D eigenvalue weighted by Crippen LogP contribution is 2.23. The minimum Gasteiger partial charge on any atom is -0.341 e. The number of fused-ring (bicyclic) bond motifs is 2. The number of anilines is 1. The number of nitrogens with two attached hydrogens (primary N) is 1. The van der Waals surface area contributed by atoms with Crippen LogP contribution in [0.1, 0.15) is 31.3 Å². The summed E-state index contributed by atoms with van der Waals surface area (Å²) in [5.41, 5.74) is 7.74. The van der Waals surface area contributed by atoms with Crippen molar-refractivity contribution in [2.24, 2.45) is 12.8 Å². The molecule has 0 bridgehead atoms. The predicted molar refractivity (Wildman–Crippen MR) is 128 cm³/mol. The molecule has 0 radical (unpaired) electrons. The first-order valence-electron chi connectivity index (χ1n) is 11.3. The molecule has 33 heavy (non-hydrogen) atoms. The van der Waals surface area contributed by atoms with Crippen LogP contribution in [0.4, 0.5) is 5.95 Å². The van der Waals surface area contributed by atoms with E-state index in [0.29, 0.717) is 36.0 Å². The van der Waals surface area contributed by atoms with E-state index < -0.39 is 5.69 Å². The SMILES string of the molecule is CCn1c(N2CCCC(N)C2)nc2c1c(=O)n(Cc1nc(C)c3ccccc3n1)c(=O)n2C. The van der Waals surface area contributed by atoms with Crippen LogP contribution in [0.5, 0.6) is 0 Å². The maximum absolute atomic E-state index is 13.6. The Morgan fingerprint density at radius 2 is 1.91 bits per heavy atom. The van der Waals surface area contributed by atoms with Gasteiger partial charge in [-0.1, -0.05) is 18.2 Å². The van der Waals surface area contributed by atoms with Gasteiger partial charge in [-0.2, -0.15) is 4.98 Å². The number of benzene rings is 1. The molecule has 2 N–H and O–H groups in total. The molecule has 0 saturated carbocycles. The summed E-state index contributed by atoms with van der Waals surface area (Å²) in [4.78, 5) is 42.7. The molecule has 0 spiro atoms. The number of imidazole rings is 1. The highest BCUT2D eigenvalue weighted by atomic mass is 16.2. The van der Waals surface area contributed by atoms with Gasteiger partial charge in [-0.25, -0.2) is 14.8 Å². The van der Waals surface area contributed by atoms with E-state index >= 15 is 0 Å². The zero-order valence-corrected chi connectivity index (χ0v) is 19.2. The zero-order chi connectivity index (χ0) is 23.3. The third-order valence-corrected chi connectivity index (χ3v) is 6.41. The first kappa shape index (κ1) is 21.3.